The minimum absolute atomic E-state index is 0.152. The van der Waals surface area contributed by atoms with E-state index in [0.29, 0.717) is 22.3 Å². The Bertz CT molecular complexity index is 2270. The molecule has 0 saturated heterocycles. The summed E-state index contributed by atoms with van der Waals surface area (Å²) in [6, 6.07) is 60.4. The van der Waals surface area contributed by atoms with E-state index in [1.54, 1.807) is 11.3 Å². The molecular weight excluding hydrogens is 643 g/mol. The number of nitrogens with zero attached hydrogens (tertiary/aromatic N) is 1. The zero-order valence-corrected chi connectivity index (χ0v) is 28.8. The molecule has 0 saturated carbocycles. The van der Waals surface area contributed by atoms with Crippen LogP contribution in [0.3, 0.4) is 0 Å². The lowest BCUT2D eigenvalue weighted by molar-refractivity contribution is 0.0980. The zero-order chi connectivity index (χ0) is 34.6. The lowest BCUT2D eigenvalue weighted by Gasteiger charge is -2.40. The number of carbonyl (C=O) groups is 2. The van der Waals surface area contributed by atoms with Crippen LogP contribution in [0.5, 0.6) is 0 Å². The molecule has 3 heterocycles. The van der Waals surface area contributed by atoms with Crippen LogP contribution in [-0.4, -0.2) is 23.5 Å². The molecule has 3 nitrogen and oxygen atoms in total. The van der Waals surface area contributed by atoms with Crippen molar-refractivity contribution in [3.63, 3.8) is 0 Å². The van der Waals surface area contributed by atoms with Crippen molar-refractivity contribution in [1.29, 1.82) is 0 Å². The van der Waals surface area contributed by atoms with E-state index in [1.165, 1.54) is 0 Å². The van der Waals surface area contributed by atoms with Crippen molar-refractivity contribution in [2.75, 3.05) is 7.05 Å². The molecule has 2 aliphatic rings. The third kappa shape index (κ3) is 4.34. The lowest BCUT2D eigenvalue weighted by Crippen LogP contribution is -2.46. The van der Waals surface area contributed by atoms with E-state index in [1.807, 2.05) is 109 Å². The van der Waals surface area contributed by atoms with E-state index in [-0.39, 0.29) is 11.6 Å². The third-order valence-electron chi connectivity index (χ3n) is 10.6. The van der Waals surface area contributed by atoms with Crippen LogP contribution in [-0.2, 0) is 11.1 Å². The standard InChI is InChI=1S/C47H33NO2S/c1-48-46(36-28-16-6-17-29-36)38(42(49)32-20-8-2-9-21-32)39(43(50)33-22-10-3-11-23-33)47(48,37-30-18-7-19-31-37)41-40(46)44(34-24-12-4-13-25-34)51-45(41)35-26-14-5-15-27-35/h2-31H,1H3. The van der Waals surface area contributed by atoms with E-state index in [0.717, 1.165) is 43.1 Å². The Kier molecular flexibility index (Phi) is 7.39. The topological polar surface area (TPSA) is 37.4 Å². The largest absolute Gasteiger partial charge is 0.289 e. The number of hydrogen-bond acceptors (Lipinski definition) is 4. The van der Waals surface area contributed by atoms with Crippen molar-refractivity contribution in [1.82, 2.24) is 4.90 Å². The van der Waals surface area contributed by atoms with Gasteiger partial charge in [0.1, 0.15) is 11.1 Å². The second-order valence-electron chi connectivity index (χ2n) is 13.1. The number of Topliss-reactive ketones (excluding diaryl/α,β-unsaturated/α-hetero) is 2. The lowest BCUT2D eigenvalue weighted by atomic mass is 9.64. The Balaban J connectivity index is 1.54. The van der Waals surface area contributed by atoms with Crippen LogP contribution < -0.4 is 0 Å². The van der Waals surface area contributed by atoms with Crippen LogP contribution in [0.2, 0.25) is 0 Å². The van der Waals surface area contributed by atoms with Crippen molar-refractivity contribution < 1.29 is 9.59 Å². The number of ketones is 2. The molecular formula is C47H33NO2S. The average Bonchev–Trinajstić information content (AvgIpc) is 3.80. The highest BCUT2D eigenvalue weighted by atomic mass is 32.1. The van der Waals surface area contributed by atoms with Gasteiger partial charge in [-0.1, -0.05) is 182 Å². The van der Waals surface area contributed by atoms with Gasteiger partial charge < -0.3 is 0 Å². The fraction of sp³-hybridized carbons (Fsp3) is 0.0638. The monoisotopic (exact) mass is 675 g/mol. The Morgan fingerprint density at radius 1 is 0.431 bits per heavy atom. The summed E-state index contributed by atoms with van der Waals surface area (Å²) in [5, 5.41) is 0. The highest BCUT2D eigenvalue weighted by Crippen LogP contribution is 2.72. The van der Waals surface area contributed by atoms with Gasteiger partial charge in [-0.2, -0.15) is 0 Å². The van der Waals surface area contributed by atoms with Gasteiger partial charge in [-0.05, 0) is 29.3 Å². The summed E-state index contributed by atoms with van der Waals surface area (Å²) < 4.78 is 0. The first-order valence-corrected chi connectivity index (χ1v) is 18.0. The molecule has 2 unspecified atom stereocenters. The summed E-state index contributed by atoms with van der Waals surface area (Å²) in [5.74, 6) is -0.305. The van der Waals surface area contributed by atoms with E-state index in [2.05, 4.69) is 84.7 Å². The second-order valence-corrected chi connectivity index (χ2v) is 14.1. The molecule has 51 heavy (non-hydrogen) atoms. The van der Waals surface area contributed by atoms with Crippen LogP contribution in [0.1, 0.15) is 43.0 Å². The summed E-state index contributed by atoms with van der Waals surface area (Å²) >= 11 is 1.75. The van der Waals surface area contributed by atoms with E-state index in [4.69, 9.17) is 0 Å². The number of rotatable bonds is 8. The maximum atomic E-state index is 15.6. The van der Waals surface area contributed by atoms with Gasteiger partial charge in [-0.3, -0.25) is 14.5 Å². The molecule has 2 aliphatic heterocycles. The predicted octanol–water partition coefficient (Wildman–Crippen LogP) is 10.6. The minimum atomic E-state index is -1.12. The number of thiophene rings is 1. The van der Waals surface area contributed by atoms with E-state index >= 15 is 9.59 Å². The fourth-order valence-electron chi connectivity index (χ4n) is 8.59. The maximum absolute atomic E-state index is 15.6. The Morgan fingerprint density at radius 3 is 1.06 bits per heavy atom. The summed E-state index contributed by atoms with van der Waals surface area (Å²) in [7, 11) is 2.11. The van der Waals surface area contributed by atoms with E-state index < -0.39 is 11.1 Å². The molecule has 0 fully saturated rings. The minimum Gasteiger partial charge on any atom is -0.289 e. The molecule has 4 heteroatoms. The SMILES string of the molecule is CN1C2(c3ccccc3)C(C(=O)c3ccccc3)=C(C(=O)c3ccccc3)C1(c1ccccc1)c1c(-c3ccccc3)sc(-c3ccccc3)c12. The summed E-state index contributed by atoms with van der Waals surface area (Å²) in [5.41, 5.74) is 6.00. The van der Waals surface area contributed by atoms with Gasteiger partial charge in [0.25, 0.3) is 0 Å². The molecule has 9 rings (SSSR count). The molecule has 0 radical (unpaired) electrons. The van der Waals surface area contributed by atoms with Crippen LogP contribution in [0.25, 0.3) is 20.9 Å². The molecule has 244 valence electrons. The van der Waals surface area contributed by atoms with Crippen LogP contribution in [0.15, 0.2) is 193 Å². The van der Waals surface area contributed by atoms with E-state index in [9.17, 15) is 0 Å². The number of hydrogen-bond donors (Lipinski definition) is 0. The molecule has 6 aromatic carbocycles. The number of fused-ring (bicyclic) bond motifs is 5. The Labute approximate surface area is 301 Å². The van der Waals surface area contributed by atoms with Gasteiger partial charge in [0.15, 0.2) is 11.6 Å². The molecule has 0 N–H and O–H groups in total. The van der Waals surface area contributed by atoms with Crippen LogP contribution >= 0.6 is 11.3 Å². The molecule has 1 aromatic heterocycles. The first kappa shape index (κ1) is 31.1. The molecule has 0 amide bonds. The average molecular weight is 676 g/mol. The first-order chi connectivity index (χ1) is 25.1. The highest BCUT2D eigenvalue weighted by molar-refractivity contribution is 7.19. The van der Waals surface area contributed by atoms with Crippen molar-refractivity contribution in [2.24, 2.45) is 0 Å². The molecule has 2 atom stereocenters. The van der Waals surface area contributed by atoms with Crippen molar-refractivity contribution in [3.8, 4) is 20.9 Å². The summed E-state index contributed by atoms with van der Waals surface area (Å²) in [4.78, 5) is 35.7. The first-order valence-electron chi connectivity index (χ1n) is 17.2. The predicted molar refractivity (Wildman–Crippen MR) is 206 cm³/mol. The van der Waals surface area contributed by atoms with Gasteiger partial charge in [-0.15, -0.1) is 11.3 Å². The van der Waals surface area contributed by atoms with Gasteiger partial charge in [0.05, 0.1) is 0 Å². The van der Waals surface area contributed by atoms with Crippen molar-refractivity contribution >= 4 is 22.9 Å². The van der Waals surface area contributed by atoms with Gasteiger partial charge in [-0.25, -0.2) is 0 Å². The molecule has 0 spiro atoms. The highest BCUT2D eigenvalue weighted by Gasteiger charge is 2.72. The van der Waals surface area contributed by atoms with Gasteiger partial charge >= 0.3 is 0 Å². The van der Waals surface area contributed by atoms with Crippen LogP contribution in [0, 0.1) is 0 Å². The molecule has 7 aromatic rings. The molecule has 2 bridgehead atoms. The zero-order valence-electron chi connectivity index (χ0n) is 28.0. The second kappa shape index (κ2) is 12.1. The number of likely N-dealkylation sites (N-methyl/N-ethyl adjacent to an activating group) is 1. The van der Waals surface area contributed by atoms with Gasteiger partial charge in [0, 0.05) is 43.2 Å². The third-order valence-corrected chi connectivity index (χ3v) is 11.9. The van der Waals surface area contributed by atoms with Crippen molar-refractivity contribution in [2.45, 2.75) is 11.1 Å². The molecule has 0 aliphatic carbocycles. The number of carbonyl (C=O) groups excluding carboxylic acids is 2. The summed E-state index contributed by atoms with van der Waals surface area (Å²) in [6.07, 6.45) is 0. The number of benzene rings is 6. The Morgan fingerprint density at radius 2 is 0.725 bits per heavy atom. The van der Waals surface area contributed by atoms with Crippen LogP contribution in [0.4, 0.5) is 0 Å². The quantitative estimate of drug-likeness (QED) is 0.151. The normalized spacial score (nSPS) is 19.2. The smallest absolute Gasteiger partial charge is 0.192 e. The fourth-order valence-corrected chi connectivity index (χ4v) is 10.0. The van der Waals surface area contributed by atoms with Crippen molar-refractivity contribution in [3.05, 3.63) is 227 Å². The van der Waals surface area contributed by atoms with Gasteiger partial charge in [0.2, 0.25) is 0 Å². The Hall–Kier alpha value is -5.94. The summed E-state index contributed by atoms with van der Waals surface area (Å²) in [6.45, 7) is 0. The maximum Gasteiger partial charge on any atom is 0.192 e.